The number of thioether (sulfide) groups is 1. The van der Waals surface area contributed by atoms with Crippen molar-refractivity contribution in [1.82, 2.24) is 9.88 Å². The number of thiazole rings is 1. The van der Waals surface area contributed by atoms with Gasteiger partial charge in [0.1, 0.15) is 0 Å². The molecule has 0 unspecified atom stereocenters. The zero-order valence-corrected chi connectivity index (χ0v) is 18.6. The van der Waals surface area contributed by atoms with Crippen molar-refractivity contribution in [2.24, 2.45) is 0 Å². The topological polar surface area (TPSA) is 59.5 Å². The van der Waals surface area contributed by atoms with E-state index in [9.17, 15) is 9.59 Å². The van der Waals surface area contributed by atoms with Crippen LogP contribution in [0, 0.1) is 0 Å². The molecule has 30 heavy (non-hydrogen) atoms. The van der Waals surface area contributed by atoms with Crippen molar-refractivity contribution in [2.45, 2.75) is 37.1 Å². The van der Waals surface area contributed by atoms with E-state index in [0.29, 0.717) is 12.1 Å². The van der Waals surface area contributed by atoms with Gasteiger partial charge in [-0.15, -0.1) is 23.1 Å². The maximum atomic E-state index is 12.6. The van der Waals surface area contributed by atoms with Crippen LogP contribution in [0.25, 0.3) is 0 Å². The van der Waals surface area contributed by atoms with Gasteiger partial charge in [0.2, 0.25) is 0 Å². The van der Waals surface area contributed by atoms with Gasteiger partial charge in [-0.3, -0.25) is 4.79 Å². The summed E-state index contributed by atoms with van der Waals surface area (Å²) in [4.78, 5) is 32.0. The van der Waals surface area contributed by atoms with Gasteiger partial charge in [0.15, 0.2) is 6.61 Å². The van der Waals surface area contributed by atoms with Crippen molar-refractivity contribution in [2.75, 3.05) is 6.61 Å². The summed E-state index contributed by atoms with van der Waals surface area (Å²) >= 11 is 3.23. The average Bonchev–Trinajstić information content (AvgIpc) is 3.29. The maximum Gasteiger partial charge on any atom is 0.338 e. The van der Waals surface area contributed by atoms with Crippen molar-refractivity contribution in [3.05, 3.63) is 82.3 Å². The van der Waals surface area contributed by atoms with Crippen molar-refractivity contribution >= 4 is 35.0 Å². The zero-order chi connectivity index (χ0) is 21.3. The maximum absolute atomic E-state index is 12.6. The standard InChI is InChI=1S/C23H24N2O3S2/c1-17(2)25(12-18-6-4-3-5-7-18)22(26)13-28-23(27)19-8-10-21(11-9-19)30-15-20-14-29-16-24-20/h3-11,14,16-17H,12-13,15H2,1-2H3. The van der Waals surface area contributed by atoms with Gasteiger partial charge in [-0.2, -0.15) is 0 Å². The molecule has 1 heterocycles. The summed E-state index contributed by atoms with van der Waals surface area (Å²) in [7, 11) is 0. The molecule has 0 fully saturated rings. The summed E-state index contributed by atoms with van der Waals surface area (Å²) < 4.78 is 5.27. The predicted molar refractivity (Wildman–Crippen MR) is 121 cm³/mol. The van der Waals surface area contributed by atoms with E-state index < -0.39 is 5.97 Å². The minimum atomic E-state index is -0.497. The van der Waals surface area contributed by atoms with Crippen LogP contribution < -0.4 is 0 Å². The first-order chi connectivity index (χ1) is 14.5. The first-order valence-corrected chi connectivity index (χ1v) is 11.6. The number of benzene rings is 2. The molecule has 0 aliphatic carbocycles. The van der Waals surface area contributed by atoms with Gasteiger partial charge in [0.25, 0.3) is 5.91 Å². The Bertz CT molecular complexity index is 942. The lowest BCUT2D eigenvalue weighted by Gasteiger charge is -2.26. The number of hydrogen-bond donors (Lipinski definition) is 0. The molecule has 1 aromatic heterocycles. The number of carbonyl (C=O) groups is 2. The second-order valence-corrected chi connectivity index (χ2v) is 8.74. The summed E-state index contributed by atoms with van der Waals surface area (Å²) in [5.41, 5.74) is 4.32. The summed E-state index contributed by atoms with van der Waals surface area (Å²) in [6, 6.07) is 17.0. The van der Waals surface area contributed by atoms with Crippen LogP contribution in [0.1, 0.15) is 35.5 Å². The Morgan fingerprint density at radius 1 is 1.10 bits per heavy atom. The smallest absolute Gasteiger partial charge is 0.338 e. The number of esters is 1. The highest BCUT2D eigenvalue weighted by molar-refractivity contribution is 7.98. The SMILES string of the molecule is CC(C)N(Cc1ccccc1)C(=O)COC(=O)c1ccc(SCc2cscn2)cc1. The van der Waals surface area contributed by atoms with Gasteiger partial charge in [-0.1, -0.05) is 30.3 Å². The van der Waals surface area contributed by atoms with E-state index in [4.69, 9.17) is 4.74 Å². The quantitative estimate of drug-likeness (QED) is 0.345. The average molecular weight is 441 g/mol. The van der Waals surface area contributed by atoms with Gasteiger partial charge in [-0.05, 0) is 43.7 Å². The van der Waals surface area contributed by atoms with E-state index in [2.05, 4.69) is 4.98 Å². The Kier molecular flexibility index (Phi) is 8.04. The van der Waals surface area contributed by atoms with Crippen LogP contribution in [0.2, 0.25) is 0 Å². The molecule has 0 bridgehead atoms. The first-order valence-electron chi connectivity index (χ1n) is 9.63. The Hall–Kier alpha value is -2.64. The van der Waals surface area contributed by atoms with Crippen LogP contribution in [0.3, 0.4) is 0 Å². The number of carbonyl (C=O) groups excluding carboxylic acids is 2. The van der Waals surface area contributed by atoms with E-state index in [0.717, 1.165) is 21.9 Å². The van der Waals surface area contributed by atoms with Crippen molar-refractivity contribution in [3.63, 3.8) is 0 Å². The monoisotopic (exact) mass is 440 g/mol. The number of rotatable bonds is 9. The van der Waals surface area contributed by atoms with E-state index >= 15 is 0 Å². The summed E-state index contributed by atoms with van der Waals surface area (Å²) in [5.74, 6) is 0.0781. The molecule has 0 saturated carbocycles. The molecule has 7 heteroatoms. The molecule has 0 aliphatic rings. The van der Waals surface area contributed by atoms with E-state index in [1.165, 1.54) is 0 Å². The van der Waals surface area contributed by atoms with Gasteiger partial charge >= 0.3 is 5.97 Å². The molecule has 3 rings (SSSR count). The summed E-state index contributed by atoms with van der Waals surface area (Å²) in [6.45, 7) is 4.11. The third kappa shape index (κ3) is 6.43. The van der Waals surface area contributed by atoms with Crippen LogP contribution in [-0.4, -0.2) is 34.4 Å². The molecule has 0 spiro atoms. The molecule has 156 valence electrons. The Balaban J connectivity index is 1.51. The first kappa shape index (κ1) is 22.1. The highest BCUT2D eigenvalue weighted by Crippen LogP contribution is 2.23. The number of ether oxygens (including phenoxy) is 1. The summed E-state index contributed by atoms with van der Waals surface area (Å²) in [5, 5.41) is 2.02. The Morgan fingerprint density at radius 3 is 2.47 bits per heavy atom. The third-order valence-electron chi connectivity index (χ3n) is 4.43. The Morgan fingerprint density at radius 2 is 1.83 bits per heavy atom. The molecular formula is C23H24N2O3S2. The fourth-order valence-corrected chi connectivity index (χ4v) is 4.25. The van der Waals surface area contributed by atoms with Crippen LogP contribution >= 0.6 is 23.1 Å². The molecule has 3 aromatic rings. The molecule has 0 atom stereocenters. The molecule has 1 amide bonds. The lowest BCUT2D eigenvalue weighted by molar-refractivity contribution is -0.136. The van der Waals surface area contributed by atoms with Gasteiger partial charge in [0.05, 0.1) is 16.8 Å². The normalized spacial score (nSPS) is 10.8. The van der Waals surface area contributed by atoms with Gasteiger partial charge in [-0.25, -0.2) is 9.78 Å². The molecule has 0 aliphatic heterocycles. The molecule has 2 aromatic carbocycles. The molecule has 5 nitrogen and oxygen atoms in total. The summed E-state index contributed by atoms with van der Waals surface area (Å²) in [6.07, 6.45) is 0. The van der Waals surface area contributed by atoms with Crippen molar-refractivity contribution in [3.8, 4) is 0 Å². The number of nitrogens with zero attached hydrogens (tertiary/aromatic N) is 2. The number of amides is 1. The molecular weight excluding hydrogens is 416 g/mol. The lowest BCUT2D eigenvalue weighted by atomic mass is 10.2. The van der Waals surface area contributed by atoms with Crippen LogP contribution in [0.15, 0.2) is 70.4 Å². The second kappa shape index (κ2) is 10.9. The predicted octanol–water partition coefficient (Wildman–Crippen LogP) is 5.03. The third-order valence-corrected chi connectivity index (χ3v) is 6.11. The van der Waals surface area contributed by atoms with Gasteiger partial charge in [0, 0.05) is 28.6 Å². The Labute approximate surface area is 185 Å². The minimum Gasteiger partial charge on any atom is -0.452 e. The highest BCUT2D eigenvalue weighted by atomic mass is 32.2. The van der Waals surface area contributed by atoms with Crippen LogP contribution in [0.4, 0.5) is 0 Å². The van der Waals surface area contributed by atoms with Crippen molar-refractivity contribution in [1.29, 1.82) is 0 Å². The van der Waals surface area contributed by atoms with E-state index in [-0.39, 0.29) is 18.6 Å². The molecule has 0 radical (unpaired) electrons. The van der Waals surface area contributed by atoms with Crippen molar-refractivity contribution < 1.29 is 14.3 Å². The fraction of sp³-hybridized carbons (Fsp3) is 0.261. The number of aromatic nitrogens is 1. The highest BCUT2D eigenvalue weighted by Gasteiger charge is 2.19. The number of hydrogen-bond acceptors (Lipinski definition) is 6. The lowest BCUT2D eigenvalue weighted by Crippen LogP contribution is -2.39. The minimum absolute atomic E-state index is 0.00503. The fourth-order valence-electron chi connectivity index (χ4n) is 2.79. The molecule has 0 saturated heterocycles. The van der Waals surface area contributed by atoms with Crippen LogP contribution in [-0.2, 0) is 21.8 Å². The second-order valence-electron chi connectivity index (χ2n) is 6.97. The van der Waals surface area contributed by atoms with E-state index in [1.807, 2.05) is 67.2 Å². The molecule has 0 N–H and O–H groups in total. The zero-order valence-electron chi connectivity index (χ0n) is 17.0. The van der Waals surface area contributed by atoms with E-state index in [1.54, 1.807) is 40.1 Å². The van der Waals surface area contributed by atoms with Gasteiger partial charge < -0.3 is 9.64 Å². The van der Waals surface area contributed by atoms with Crippen LogP contribution in [0.5, 0.6) is 0 Å². The largest absolute Gasteiger partial charge is 0.452 e.